The molecule has 0 spiro atoms. The number of amides is 1. The highest BCUT2D eigenvalue weighted by Crippen LogP contribution is 2.25. The molecule has 1 unspecified atom stereocenters. The average molecular weight is 457 g/mol. The molecule has 6 nitrogen and oxygen atoms in total. The Hall–Kier alpha value is -2.38. The zero-order valence-electron chi connectivity index (χ0n) is 18.7. The lowest BCUT2D eigenvalue weighted by molar-refractivity contribution is -0.131. The highest BCUT2D eigenvalue weighted by molar-refractivity contribution is 7.89. The van der Waals surface area contributed by atoms with Gasteiger partial charge in [-0.1, -0.05) is 24.3 Å². The molecule has 0 saturated carbocycles. The van der Waals surface area contributed by atoms with Crippen LogP contribution in [0.1, 0.15) is 43.2 Å². The lowest BCUT2D eigenvalue weighted by Gasteiger charge is -2.25. The van der Waals surface area contributed by atoms with Gasteiger partial charge in [0.1, 0.15) is 5.75 Å². The SMILES string of the molecule is COc1cccc(CC2CCCN2C(=O)CCc2ccc(S(=O)(=O)N3CCCC3)cc2)c1. The van der Waals surface area contributed by atoms with Gasteiger partial charge < -0.3 is 9.64 Å². The van der Waals surface area contributed by atoms with Crippen molar-refractivity contribution in [2.45, 2.75) is 55.9 Å². The van der Waals surface area contributed by atoms with E-state index in [2.05, 4.69) is 6.07 Å². The molecule has 4 rings (SSSR count). The minimum Gasteiger partial charge on any atom is -0.497 e. The second-order valence-electron chi connectivity index (χ2n) is 8.69. The van der Waals surface area contributed by atoms with Crippen LogP contribution in [0.5, 0.6) is 5.75 Å². The molecule has 2 heterocycles. The lowest BCUT2D eigenvalue weighted by atomic mass is 10.0. The largest absolute Gasteiger partial charge is 0.497 e. The van der Waals surface area contributed by atoms with Crippen molar-refractivity contribution in [1.82, 2.24) is 9.21 Å². The van der Waals surface area contributed by atoms with Crippen LogP contribution in [0.2, 0.25) is 0 Å². The number of benzene rings is 2. The van der Waals surface area contributed by atoms with Crippen LogP contribution in [-0.4, -0.2) is 56.3 Å². The highest BCUT2D eigenvalue weighted by atomic mass is 32.2. The fraction of sp³-hybridized carbons (Fsp3) is 0.480. The first kappa shape index (κ1) is 22.8. The quantitative estimate of drug-likeness (QED) is 0.608. The van der Waals surface area contributed by atoms with Gasteiger partial charge >= 0.3 is 0 Å². The normalized spacial score (nSPS) is 19.4. The van der Waals surface area contributed by atoms with Crippen molar-refractivity contribution in [2.75, 3.05) is 26.7 Å². The molecular formula is C25H32N2O4S. The summed E-state index contributed by atoms with van der Waals surface area (Å²) < 4.78 is 32.2. The number of methoxy groups -OCH3 is 1. The molecule has 0 aliphatic carbocycles. The second-order valence-corrected chi connectivity index (χ2v) is 10.6. The number of sulfonamides is 1. The monoisotopic (exact) mass is 456 g/mol. The molecule has 7 heteroatoms. The van der Waals surface area contributed by atoms with E-state index < -0.39 is 10.0 Å². The van der Waals surface area contributed by atoms with Gasteiger partial charge in [0.05, 0.1) is 12.0 Å². The van der Waals surface area contributed by atoms with Gasteiger partial charge in [0.15, 0.2) is 0 Å². The Morgan fingerprint density at radius 2 is 1.75 bits per heavy atom. The summed E-state index contributed by atoms with van der Waals surface area (Å²) in [5.74, 6) is 1.01. The number of carbonyl (C=O) groups is 1. The summed E-state index contributed by atoms with van der Waals surface area (Å²) in [4.78, 5) is 15.3. The van der Waals surface area contributed by atoms with Crippen molar-refractivity contribution in [3.63, 3.8) is 0 Å². The number of rotatable bonds is 8. The second kappa shape index (κ2) is 10.0. The summed E-state index contributed by atoms with van der Waals surface area (Å²) in [6, 6.07) is 15.3. The molecule has 0 N–H and O–H groups in total. The molecule has 2 saturated heterocycles. The maximum Gasteiger partial charge on any atom is 0.243 e. The summed E-state index contributed by atoms with van der Waals surface area (Å²) in [6.07, 6.45) is 5.79. The van der Waals surface area contributed by atoms with Crippen LogP contribution in [0.4, 0.5) is 0 Å². The molecule has 0 aromatic heterocycles. The Labute approximate surface area is 191 Å². The Morgan fingerprint density at radius 3 is 2.47 bits per heavy atom. The van der Waals surface area contributed by atoms with Gasteiger partial charge in [0.2, 0.25) is 15.9 Å². The van der Waals surface area contributed by atoms with Crippen LogP contribution in [0.25, 0.3) is 0 Å². The summed E-state index contributed by atoms with van der Waals surface area (Å²) >= 11 is 0. The topological polar surface area (TPSA) is 66.9 Å². The van der Waals surface area contributed by atoms with Gasteiger partial charge in [-0.3, -0.25) is 4.79 Å². The predicted molar refractivity (Wildman–Crippen MR) is 124 cm³/mol. The first-order valence-electron chi connectivity index (χ1n) is 11.5. The Bertz CT molecular complexity index is 1030. The van der Waals surface area contributed by atoms with Crippen molar-refractivity contribution in [3.05, 3.63) is 59.7 Å². The zero-order chi connectivity index (χ0) is 22.6. The maximum atomic E-state index is 12.9. The van der Waals surface area contributed by atoms with Crippen LogP contribution >= 0.6 is 0 Å². The van der Waals surface area contributed by atoms with Crippen molar-refractivity contribution >= 4 is 15.9 Å². The third-order valence-electron chi connectivity index (χ3n) is 6.56. The molecule has 2 aromatic rings. The average Bonchev–Trinajstić information content (AvgIpc) is 3.51. The van der Waals surface area contributed by atoms with Crippen molar-refractivity contribution in [2.24, 2.45) is 0 Å². The van der Waals surface area contributed by atoms with E-state index in [-0.39, 0.29) is 11.9 Å². The number of aryl methyl sites for hydroxylation is 1. The molecule has 2 aliphatic heterocycles. The third-order valence-corrected chi connectivity index (χ3v) is 8.47. The van der Waals surface area contributed by atoms with Gasteiger partial charge in [-0.25, -0.2) is 8.42 Å². The van der Waals surface area contributed by atoms with E-state index in [0.717, 1.165) is 50.0 Å². The smallest absolute Gasteiger partial charge is 0.243 e. The van der Waals surface area contributed by atoms with Crippen LogP contribution in [-0.2, 0) is 27.7 Å². The van der Waals surface area contributed by atoms with Crippen LogP contribution in [0.15, 0.2) is 53.4 Å². The van der Waals surface area contributed by atoms with Gasteiger partial charge in [-0.2, -0.15) is 4.31 Å². The van der Waals surface area contributed by atoms with E-state index in [1.807, 2.05) is 35.2 Å². The Kier molecular flexibility index (Phi) is 7.16. The van der Waals surface area contributed by atoms with Gasteiger partial charge in [0.25, 0.3) is 0 Å². The van der Waals surface area contributed by atoms with E-state index >= 15 is 0 Å². The maximum absolute atomic E-state index is 12.9. The third kappa shape index (κ3) is 5.15. The molecule has 172 valence electrons. The molecule has 2 aliphatic rings. The fourth-order valence-corrected chi connectivity index (χ4v) is 6.27. The van der Waals surface area contributed by atoms with Gasteiger partial charge in [-0.15, -0.1) is 0 Å². The molecule has 1 amide bonds. The van der Waals surface area contributed by atoms with E-state index in [1.165, 1.54) is 5.56 Å². The van der Waals surface area contributed by atoms with E-state index in [0.29, 0.717) is 30.8 Å². The Morgan fingerprint density at radius 1 is 1.00 bits per heavy atom. The predicted octanol–water partition coefficient (Wildman–Crippen LogP) is 3.65. The number of likely N-dealkylation sites (tertiary alicyclic amines) is 1. The molecule has 2 aromatic carbocycles. The number of hydrogen-bond donors (Lipinski definition) is 0. The van der Waals surface area contributed by atoms with Crippen molar-refractivity contribution in [3.8, 4) is 5.75 Å². The first-order chi connectivity index (χ1) is 15.5. The van der Waals surface area contributed by atoms with Gasteiger partial charge in [0, 0.05) is 32.1 Å². The highest BCUT2D eigenvalue weighted by Gasteiger charge is 2.29. The summed E-state index contributed by atoms with van der Waals surface area (Å²) in [5.41, 5.74) is 2.17. The van der Waals surface area contributed by atoms with Crippen molar-refractivity contribution < 1.29 is 17.9 Å². The van der Waals surface area contributed by atoms with Gasteiger partial charge in [-0.05, 0) is 73.9 Å². The standard InChI is InChI=1S/C25H32N2O4S/c1-31-23-8-4-6-21(19-23)18-22-7-5-17-27(22)25(28)14-11-20-9-12-24(13-10-20)32(29,30)26-15-2-3-16-26/h4,6,8-10,12-13,19,22H,2-3,5,7,11,14-18H2,1H3. The zero-order valence-corrected chi connectivity index (χ0v) is 19.5. The molecule has 0 radical (unpaired) electrons. The lowest BCUT2D eigenvalue weighted by Crippen LogP contribution is -2.36. The first-order valence-corrected chi connectivity index (χ1v) is 12.9. The van der Waals surface area contributed by atoms with E-state index in [1.54, 1.807) is 23.5 Å². The fourth-order valence-electron chi connectivity index (χ4n) is 4.75. The van der Waals surface area contributed by atoms with Crippen LogP contribution < -0.4 is 4.74 Å². The van der Waals surface area contributed by atoms with Crippen LogP contribution in [0.3, 0.4) is 0 Å². The molecule has 1 atom stereocenters. The molecule has 32 heavy (non-hydrogen) atoms. The van der Waals surface area contributed by atoms with E-state index in [9.17, 15) is 13.2 Å². The summed E-state index contributed by atoms with van der Waals surface area (Å²) in [6.45, 7) is 2.01. The minimum atomic E-state index is -3.39. The number of ether oxygens (including phenoxy) is 1. The van der Waals surface area contributed by atoms with Crippen LogP contribution in [0, 0.1) is 0 Å². The molecular weight excluding hydrogens is 424 g/mol. The number of hydrogen-bond acceptors (Lipinski definition) is 4. The van der Waals surface area contributed by atoms with Crippen molar-refractivity contribution in [1.29, 1.82) is 0 Å². The minimum absolute atomic E-state index is 0.171. The summed E-state index contributed by atoms with van der Waals surface area (Å²) in [5, 5.41) is 0. The molecule has 0 bridgehead atoms. The number of nitrogens with zero attached hydrogens (tertiary/aromatic N) is 2. The summed E-state index contributed by atoms with van der Waals surface area (Å²) in [7, 11) is -1.73. The number of carbonyl (C=O) groups excluding carboxylic acids is 1. The van der Waals surface area contributed by atoms with E-state index in [4.69, 9.17) is 4.74 Å². The molecule has 2 fully saturated rings. The Balaban J connectivity index is 1.33.